The van der Waals surface area contributed by atoms with E-state index in [1.54, 1.807) is 11.3 Å². The number of hydrogen-bond acceptors (Lipinski definition) is 2. The lowest BCUT2D eigenvalue weighted by Gasteiger charge is -2.00. The minimum atomic E-state index is 0.354. The number of aromatic hydroxyl groups is 1. The lowest BCUT2D eigenvalue weighted by Crippen LogP contribution is -1.75. The van der Waals surface area contributed by atoms with Crippen LogP contribution in [0.2, 0.25) is 0 Å². The van der Waals surface area contributed by atoms with Gasteiger partial charge < -0.3 is 5.11 Å². The van der Waals surface area contributed by atoms with Crippen molar-refractivity contribution in [3.05, 3.63) is 25.6 Å². The van der Waals surface area contributed by atoms with E-state index in [0.717, 1.165) is 18.1 Å². The lowest BCUT2D eigenvalue weighted by atomic mass is 10.2. The van der Waals surface area contributed by atoms with E-state index in [9.17, 15) is 5.11 Å². The van der Waals surface area contributed by atoms with Gasteiger partial charge in [-0.3, -0.25) is 0 Å². The standard InChI is InChI=1S/C8H4BrIOS/c9-6-5(10)3-4-1-2-12-8(4)7(6)11/h1-3,11H. The van der Waals surface area contributed by atoms with Crippen molar-refractivity contribution < 1.29 is 5.11 Å². The van der Waals surface area contributed by atoms with E-state index in [1.807, 2.05) is 11.4 Å². The molecule has 0 aliphatic carbocycles. The van der Waals surface area contributed by atoms with Crippen molar-refractivity contribution in [1.29, 1.82) is 0 Å². The highest BCUT2D eigenvalue weighted by atomic mass is 127. The number of fused-ring (bicyclic) bond motifs is 1. The SMILES string of the molecule is Oc1c(Br)c(I)cc2ccsc12. The molecule has 4 heteroatoms. The van der Waals surface area contributed by atoms with Crippen LogP contribution < -0.4 is 0 Å². The maximum Gasteiger partial charge on any atom is 0.148 e. The summed E-state index contributed by atoms with van der Waals surface area (Å²) in [6.45, 7) is 0. The smallest absolute Gasteiger partial charge is 0.148 e. The van der Waals surface area contributed by atoms with Crippen LogP contribution in [0.4, 0.5) is 0 Å². The molecule has 0 atom stereocenters. The Labute approximate surface area is 95.7 Å². The zero-order chi connectivity index (χ0) is 8.72. The van der Waals surface area contributed by atoms with Crippen LogP contribution in [-0.4, -0.2) is 5.11 Å². The molecular weight excluding hydrogens is 351 g/mol. The maximum atomic E-state index is 9.69. The third-order valence-corrected chi connectivity index (χ3v) is 4.94. The van der Waals surface area contributed by atoms with E-state index in [1.165, 1.54) is 0 Å². The highest BCUT2D eigenvalue weighted by Gasteiger charge is 2.08. The minimum absolute atomic E-state index is 0.354. The quantitative estimate of drug-likeness (QED) is 0.709. The Hall–Kier alpha value is 0.190. The molecule has 0 bridgehead atoms. The Morgan fingerprint density at radius 3 is 3.00 bits per heavy atom. The average Bonchev–Trinajstić information content (AvgIpc) is 2.48. The van der Waals surface area contributed by atoms with Gasteiger partial charge in [0, 0.05) is 3.57 Å². The Bertz CT molecular complexity index is 438. The average molecular weight is 355 g/mol. The van der Waals surface area contributed by atoms with Gasteiger partial charge in [-0.2, -0.15) is 0 Å². The van der Waals surface area contributed by atoms with Crippen LogP contribution in [0.1, 0.15) is 0 Å². The van der Waals surface area contributed by atoms with Gasteiger partial charge in [-0.1, -0.05) is 0 Å². The van der Waals surface area contributed by atoms with Gasteiger partial charge in [0.15, 0.2) is 0 Å². The molecule has 1 aromatic heterocycles. The second-order valence-corrected chi connectivity index (χ2v) is 5.23. The Kier molecular flexibility index (Phi) is 2.31. The molecule has 0 fully saturated rings. The highest BCUT2D eigenvalue weighted by molar-refractivity contribution is 14.1. The zero-order valence-corrected chi connectivity index (χ0v) is 10.4. The molecule has 2 rings (SSSR count). The molecule has 0 aliphatic rings. The molecule has 0 unspecified atom stereocenters. The Balaban J connectivity index is 2.94. The summed E-state index contributed by atoms with van der Waals surface area (Å²) >= 11 is 7.08. The van der Waals surface area contributed by atoms with Crippen LogP contribution in [-0.2, 0) is 0 Å². The van der Waals surface area contributed by atoms with E-state index in [-0.39, 0.29) is 0 Å². The van der Waals surface area contributed by atoms with Gasteiger partial charge in [-0.15, -0.1) is 11.3 Å². The number of halogens is 2. The summed E-state index contributed by atoms with van der Waals surface area (Å²) in [7, 11) is 0. The number of rotatable bonds is 0. The van der Waals surface area contributed by atoms with E-state index in [2.05, 4.69) is 44.6 Å². The van der Waals surface area contributed by atoms with Crippen LogP contribution in [0.5, 0.6) is 5.75 Å². The van der Waals surface area contributed by atoms with Crippen molar-refractivity contribution in [2.75, 3.05) is 0 Å². The number of hydrogen-bond donors (Lipinski definition) is 1. The molecule has 0 aliphatic heterocycles. The van der Waals surface area contributed by atoms with Gasteiger partial charge >= 0.3 is 0 Å². The Morgan fingerprint density at radius 1 is 1.50 bits per heavy atom. The van der Waals surface area contributed by atoms with Crippen molar-refractivity contribution in [2.45, 2.75) is 0 Å². The summed E-state index contributed by atoms with van der Waals surface area (Å²) in [4.78, 5) is 0. The molecule has 0 saturated carbocycles. The van der Waals surface area contributed by atoms with E-state index in [4.69, 9.17) is 0 Å². The summed E-state index contributed by atoms with van der Waals surface area (Å²) in [6.07, 6.45) is 0. The highest BCUT2D eigenvalue weighted by Crippen LogP contribution is 2.39. The molecule has 1 N–H and O–H groups in total. The minimum Gasteiger partial charge on any atom is -0.505 e. The fourth-order valence-electron chi connectivity index (χ4n) is 1.04. The molecule has 0 amide bonds. The summed E-state index contributed by atoms with van der Waals surface area (Å²) < 4.78 is 2.77. The number of thiophene rings is 1. The van der Waals surface area contributed by atoms with Crippen LogP contribution in [0.25, 0.3) is 10.1 Å². The van der Waals surface area contributed by atoms with Crippen LogP contribution in [0, 0.1) is 3.57 Å². The van der Waals surface area contributed by atoms with E-state index in [0.29, 0.717) is 5.75 Å². The van der Waals surface area contributed by atoms with Gasteiger partial charge in [0.2, 0.25) is 0 Å². The molecule has 62 valence electrons. The number of benzene rings is 1. The molecule has 0 radical (unpaired) electrons. The van der Waals surface area contributed by atoms with Crippen LogP contribution in [0.15, 0.2) is 22.0 Å². The molecule has 2 aromatic rings. The van der Waals surface area contributed by atoms with E-state index >= 15 is 0 Å². The van der Waals surface area contributed by atoms with Gasteiger partial charge in [0.25, 0.3) is 0 Å². The first kappa shape index (κ1) is 8.77. The van der Waals surface area contributed by atoms with Crippen LogP contribution >= 0.6 is 49.9 Å². The second kappa shape index (κ2) is 3.16. The molecule has 12 heavy (non-hydrogen) atoms. The molecular formula is C8H4BrIOS. The van der Waals surface area contributed by atoms with Crippen molar-refractivity contribution in [2.24, 2.45) is 0 Å². The zero-order valence-electron chi connectivity index (χ0n) is 5.84. The molecule has 0 spiro atoms. The normalized spacial score (nSPS) is 10.8. The van der Waals surface area contributed by atoms with Crippen molar-refractivity contribution in [3.63, 3.8) is 0 Å². The van der Waals surface area contributed by atoms with Gasteiger partial charge in [0.1, 0.15) is 5.75 Å². The fraction of sp³-hybridized carbons (Fsp3) is 0. The van der Waals surface area contributed by atoms with Crippen molar-refractivity contribution in [3.8, 4) is 5.75 Å². The number of phenols is 1. The van der Waals surface area contributed by atoms with Gasteiger partial charge in [0.05, 0.1) is 9.17 Å². The first-order valence-corrected chi connectivity index (χ1v) is 5.99. The van der Waals surface area contributed by atoms with Crippen molar-refractivity contribution >= 4 is 59.9 Å². The lowest BCUT2D eigenvalue weighted by molar-refractivity contribution is 0.479. The first-order valence-electron chi connectivity index (χ1n) is 3.24. The summed E-state index contributed by atoms with van der Waals surface area (Å²) in [6, 6.07) is 4.06. The maximum absolute atomic E-state index is 9.69. The third kappa shape index (κ3) is 1.25. The summed E-state index contributed by atoms with van der Waals surface area (Å²) in [5, 5.41) is 12.8. The van der Waals surface area contributed by atoms with E-state index < -0.39 is 0 Å². The topological polar surface area (TPSA) is 20.2 Å². The van der Waals surface area contributed by atoms with Crippen LogP contribution in [0.3, 0.4) is 0 Å². The first-order chi connectivity index (χ1) is 5.70. The van der Waals surface area contributed by atoms with Crippen molar-refractivity contribution in [1.82, 2.24) is 0 Å². The molecule has 1 aromatic carbocycles. The molecule has 1 nitrogen and oxygen atoms in total. The molecule has 0 saturated heterocycles. The summed E-state index contributed by atoms with van der Waals surface area (Å²) in [5.74, 6) is 0.354. The largest absolute Gasteiger partial charge is 0.505 e. The fourth-order valence-corrected chi connectivity index (χ4v) is 2.90. The third-order valence-electron chi connectivity index (χ3n) is 1.61. The molecule has 1 heterocycles. The number of phenolic OH excluding ortho intramolecular Hbond substituents is 1. The predicted molar refractivity (Wildman–Crippen MR) is 63.9 cm³/mol. The van der Waals surface area contributed by atoms with Gasteiger partial charge in [-0.25, -0.2) is 0 Å². The predicted octanol–water partition coefficient (Wildman–Crippen LogP) is 3.97. The second-order valence-electron chi connectivity index (χ2n) is 2.36. The Morgan fingerprint density at radius 2 is 2.25 bits per heavy atom. The summed E-state index contributed by atoms with van der Waals surface area (Å²) in [5.41, 5.74) is 0. The van der Waals surface area contributed by atoms with Gasteiger partial charge in [-0.05, 0) is 61.4 Å². The monoisotopic (exact) mass is 354 g/mol.